The van der Waals surface area contributed by atoms with Crippen LogP contribution in [0.2, 0.25) is 0 Å². The zero-order valence-corrected chi connectivity index (χ0v) is 10.8. The average molecular weight is 232 g/mol. The van der Waals surface area contributed by atoms with Crippen LogP contribution < -0.4 is 11.1 Å². The van der Waals surface area contributed by atoms with E-state index in [9.17, 15) is 0 Å². The van der Waals surface area contributed by atoms with Crippen LogP contribution in [-0.2, 0) is 0 Å². The third-order valence-corrected chi connectivity index (χ3v) is 3.92. The molecule has 1 aliphatic carbocycles. The molecule has 2 heteroatoms. The number of hydrogen-bond acceptors (Lipinski definition) is 2. The summed E-state index contributed by atoms with van der Waals surface area (Å²) in [5.74, 6) is 0.933. The van der Waals surface area contributed by atoms with E-state index in [1.54, 1.807) is 0 Å². The van der Waals surface area contributed by atoms with E-state index in [4.69, 9.17) is 5.73 Å². The molecule has 0 atom stereocenters. The van der Waals surface area contributed by atoms with Crippen LogP contribution in [0.15, 0.2) is 18.2 Å². The number of aryl methyl sites for hydroxylation is 1. The van der Waals surface area contributed by atoms with Crippen molar-refractivity contribution in [2.75, 3.05) is 17.6 Å². The van der Waals surface area contributed by atoms with E-state index in [0.717, 1.165) is 29.4 Å². The Morgan fingerprint density at radius 1 is 1.24 bits per heavy atom. The SMILES string of the molecule is Cc1cccc(NCCC2CCCCC2)c1N. The highest BCUT2D eigenvalue weighted by atomic mass is 14.9. The molecule has 0 amide bonds. The summed E-state index contributed by atoms with van der Waals surface area (Å²) in [7, 11) is 0. The molecule has 0 saturated heterocycles. The molecule has 0 unspecified atom stereocenters. The van der Waals surface area contributed by atoms with Gasteiger partial charge in [-0.2, -0.15) is 0 Å². The van der Waals surface area contributed by atoms with Gasteiger partial charge in [0.1, 0.15) is 0 Å². The Hall–Kier alpha value is -1.18. The second kappa shape index (κ2) is 5.95. The second-order valence-electron chi connectivity index (χ2n) is 5.26. The molecule has 1 saturated carbocycles. The lowest BCUT2D eigenvalue weighted by Crippen LogP contribution is -2.13. The molecular weight excluding hydrogens is 208 g/mol. The predicted octanol–water partition coefficient (Wildman–Crippen LogP) is 3.96. The van der Waals surface area contributed by atoms with E-state index >= 15 is 0 Å². The largest absolute Gasteiger partial charge is 0.397 e. The van der Waals surface area contributed by atoms with Crippen LogP contribution in [0.1, 0.15) is 44.1 Å². The first-order chi connectivity index (χ1) is 8.27. The number of nitrogens with two attached hydrogens (primary N) is 1. The molecule has 1 fully saturated rings. The lowest BCUT2D eigenvalue weighted by molar-refractivity contribution is 0.345. The topological polar surface area (TPSA) is 38.0 Å². The maximum Gasteiger partial charge on any atom is 0.0579 e. The molecule has 2 rings (SSSR count). The van der Waals surface area contributed by atoms with Crippen molar-refractivity contribution in [3.8, 4) is 0 Å². The number of hydrogen-bond donors (Lipinski definition) is 2. The Bertz CT molecular complexity index is 354. The fourth-order valence-corrected chi connectivity index (χ4v) is 2.72. The van der Waals surface area contributed by atoms with E-state index in [2.05, 4.69) is 30.4 Å². The standard InChI is InChI=1S/C15H24N2/c1-12-6-5-9-14(15(12)16)17-11-10-13-7-3-2-4-8-13/h5-6,9,13,17H,2-4,7-8,10-11,16H2,1H3. The normalized spacial score (nSPS) is 17.0. The number of benzene rings is 1. The Balaban J connectivity index is 1.79. The highest BCUT2D eigenvalue weighted by molar-refractivity contribution is 5.69. The fourth-order valence-electron chi connectivity index (χ4n) is 2.72. The van der Waals surface area contributed by atoms with Crippen LogP contribution in [0.3, 0.4) is 0 Å². The number of anilines is 2. The van der Waals surface area contributed by atoms with Crippen molar-refractivity contribution in [2.45, 2.75) is 45.4 Å². The van der Waals surface area contributed by atoms with E-state index in [1.165, 1.54) is 38.5 Å². The average Bonchev–Trinajstić information content (AvgIpc) is 2.36. The van der Waals surface area contributed by atoms with Crippen molar-refractivity contribution in [3.63, 3.8) is 0 Å². The van der Waals surface area contributed by atoms with Crippen LogP contribution in [0.5, 0.6) is 0 Å². The Morgan fingerprint density at radius 3 is 2.76 bits per heavy atom. The molecule has 2 nitrogen and oxygen atoms in total. The van der Waals surface area contributed by atoms with Gasteiger partial charge in [-0.15, -0.1) is 0 Å². The van der Waals surface area contributed by atoms with Crippen molar-refractivity contribution in [1.82, 2.24) is 0 Å². The third kappa shape index (κ3) is 3.39. The van der Waals surface area contributed by atoms with Crippen molar-refractivity contribution >= 4 is 11.4 Å². The minimum Gasteiger partial charge on any atom is -0.397 e. The maximum absolute atomic E-state index is 6.04. The molecule has 0 spiro atoms. The highest BCUT2D eigenvalue weighted by Gasteiger charge is 2.12. The first kappa shape index (κ1) is 12.3. The number of para-hydroxylation sites is 1. The van der Waals surface area contributed by atoms with Gasteiger partial charge in [0.2, 0.25) is 0 Å². The zero-order chi connectivity index (χ0) is 12.1. The summed E-state index contributed by atoms with van der Waals surface area (Å²) < 4.78 is 0. The van der Waals surface area contributed by atoms with Gasteiger partial charge in [0.15, 0.2) is 0 Å². The monoisotopic (exact) mass is 232 g/mol. The number of rotatable bonds is 4. The summed E-state index contributed by atoms with van der Waals surface area (Å²) in [5, 5.41) is 3.48. The van der Waals surface area contributed by atoms with Crippen LogP contribution in [0, 0.1) is 12.8 Å². The molecule has 0 heterocycles. The summed E-state index contributed by atoms with van der Waals surface area (Å²) in [4.78, 5) is 0. The maximum atomic E-state index is 6.04. The van der Waals surface area contributed by atoms with Gasteiger partial charge in [-0.3, -0.25) is 0 Å². The van der Waals surface area contributed by atoms with Gasteiger partial charge in [0, 0.05) is 6.54 Å². The molecule has 0 bridgehead atoms. The van der Waals surface area contributed by atoms with Gasteiger partial charge in [0.05, 0.1) is 11.4 Å². The summed E-state index contributed by atoms with van der Waals surface area (Å²) in [6, 6.07) is 6.19. The van der Waals surface area contributed by atoms with Gasteiger partial charge in [-0.1, -0.05) is 44.2 Å². The molecule has 0 aliphatic heterocycles. The predicted molar refractivity (Wildman–Crippen MR) is 75.3 cm³/mol. The molecule has 1 aromatic carbocycles. The molecule has 94 valence electrons. The Morgan fingerprint density at radius 2 is 2.00 bits per heavy atom. The van der Waals surface area contributed by atoms with Crippen LogP contribution >= 0.6 is 0 Å². The Kier molecular flexibility index (Phi) is 4.29. The van der Waals surface area contributed by atoms with Crippen molar-refractivity contribution < 1.29 is 0 Å². The van der Waals surface area contributed by atoms with E-state index in [1.807, 2.05) is 0 Å². The number of nitrogen functional groups attached to an aromatic ring is 1. The highest BCUT2D eigenvalue weighted by Crippen LogP contribution is 2.27. The van der Waals surface area contributed by atoms with Crippen LogP contribution in [0.25, 0.3) is 0 Å². The molecule has 3 N–H and O–H groups in total. The van der Waals surface area contributed by atoms with Gasteiger partial charge >= 0.3 is 0 Å². The molecule has 17 heavy (non-hydrogen) atoms. The van der Waals surface area contributed by atoms with E-state index < -0.39 is 0 Å². The quantitative estimate of drug-likeness (QED) is 0.771. The summed E-state index contributed by atoms with van der Waals surface area (Å²) in [5.41, 5.74) is 9.20. The van der Waals surface area contributed by atoms with Crippen LogP contribution in [-0.4, -0.2) is 6.54 Å². The summed E-state index contributed by atoms with van der Waals surface area (Å²) in [6.45, 7) is 3.11. The van der Waals surface area contributed by atoms with Gasteiger partial charge in [-0.25, -0.2) is 0 Å². The molecule has 0 radical (unpaired) electrons. The first-order valence-electron chi connectivity index (χ1n) is 6.86. The van der Waals surface area contributed by atoms with Gasteiger partial charge < -0.3 is 11.1 Å². The molecular formula is C15H24N2. The lowest BCUT2D eigenvalue weighted by Gasteiger charge is -2.22. The summed E-state index contributed by atoms with van der Waals surface area (Å²) >= 11 is 0. The fraction of sp³-hybridized carbons (Fsp3) is 0.600. The zero-order valence-electron chi connectivity index (χ0n) is 10.8. The molecule has 0 aromatic heterocycles. The minimum absolute atomic E-state index is 0.899. The van der Waals surface area contributed by atoms with E-state index in [-0.39, 0.29) is 0 Å². The van der Waals surface area contributed by atoms with Crippen LogP contribution in [0.4, 0.5) is 11.4 Å². The van der Waals surface area contributed by atoms with Crippen molar-refractivity contribution in [2.24, 2.45) is 5.92 Å². The third-order valence-electron chi connectivity index (χ3n) is 3.92. The van der Waals surface area contributed by atoms with Crippen molar-refractivity contribution in [3.05, 3.63) is 23.8 Å². The second-order valence-corrected chi connectivity index (χ2v) is 5.26. The molecule has 1 aromatic rings. The van der Waals surface area contributed by atoms with Crippen molar-refractivity contribution in [1.29, 1.82) is 0 Å². The lowest BCUT2D eigenvalue weighted by atomic mass is 9.87. The summed E-state index contributed by atoms with van der Waals surface area (Å²) in [6.07, 6.45) is 8.42. The van der Waals surface area contributed by atoms with Gasteiger partial charge in [-0.05, 0) is 30.9 Å². The van der Waals surface area contributed by atoms with Gasteiger partial charge in [0.25, 0.3) is 0 Å². The number of nitrogens with one attached hydrogen (secondary N) is 1. The molecule has 1 aliphatic rings. The first-order valence-corrected chi connectivity index (χ1v) is 6.86. The Labute approximate surface area is 105 Å². The smallest absolute Gasteiger partial charge is 0.0579 e. The minimum atomic E-state index is 0.899. The van der Waals surface area contributed by atoms with E-state index in [0.29, 0.717) is 0 Å².